The van der Waals surface area contributed by atoms with Crippen LogP contribution in [0.4, 0.5) is 5.82 Å². The highest BCUT2D eigenvalue weighted by atomic mass is 35.5. The zero-order valence-corrected chi connectivity index (χ0v) is 20.2. The third kappa shape index (κ3) is 3.92. The Morgan fingerprint density at radius 2 is 1.41 bits per heavy atom. The van der Waals surface area contributed by atoms with Crippen LogP contribution >= 0.6 is 34.8 Å². The summed E-state index contributed by atoms with van der Waals surface area (Å²) in [5.74, 6) is -1.25. The first-order valence-electron chi connectivity index (χ1n) is 9.94. The molecule has 2 aromatic carbocycles. The molecule has 0 amide bonds. The second kappa shape index (κ2) is 9.10. The number of rotatable bonds is 6. The topological polar surface area (TPSA) is 98.6 Å². The van der Waals surface area contributed by atoms with Crippen LogP contribution in [0, 0.1) is 0 Å². The maximum atomic E-state index is 13.5. The molecule has 0 saturated carbocycles. The van der Waals surface area contributed by atoms with Gasteiger partial charge in [-0.25, -0.2) is 0 Å². The Bertz CT molecular complexity index is 1440. The molecule has 34 heavy (non-hydrogen) atoms. The van der Waals surface area contributed by atoms with Gasteiger partial charge in [0.2, 0.25) is 11.6 Å². The molecule has 2 aromatic heterocycles. The van der Waals surface area contributed by atoms with E-state index in [1.54, 1.807) is 43.3 Å². The lowest BCUT2D eigenvalue weighted by Gasteiger charge is -2.20. The lowest BCUT2D eigenvalue weighted by Crippen LogP contribution is -2.19. The van der Waals surface area contributed by atoms with Crippen molar-refractivity contribution in [1.82, 2.24) is 9.55 Å². The Balaban J connectivity index is 2.02. The van der Waals surface area contributed by atoms with E-state index in [0.29, 0.717) is 5.82 Å². The molecule has 2 heterocycles. The third-order valence-corrected chi connectivity index (χ3v) is 6.23. The summed E-state index contributed by atoms with van der Waals surface area (Å²) in [6.45, 7) is 0. The molecule has 0 radical (unpaired) electrons. The first-order valence-corrected chi connectivity index (χ1v) is 11.1. The quantitative estimate of drug-likeness (QED) is 0.284. The average Bonchev–Trinajstić information content (AvgIpc) is 3.29. The van der Waals surface area contributed by atoms with E-state index in [9.17, 15) is 19.8 Å². The van der Waals surface area contributed by atoms with Gasteiger partial charge in [-0.15, -0.1) is 0 Å². The normalized spacial score (nSPS) is 11.0. The number of aromatic hydroxyl groups is 2. The largest absolute Gasteiger partial charge is 0.507 e. The number of hydrogen-bond donors (Lipinski definition) is 3. The Labute approximate surface area is 209 Å². The van der Waals surface area contributed by atoms with Gasteiger partial charge in [-0.2, -0.15) is 0 Å². The van der Waals surface area contributed by atoms with Gasteiger partial charge in [0.15, 0.2) is 0 Å². The number of carbonyl (C=O) groups excluding carboxylic acids is 2. The molecular formula is C24H18Cl3N3O4. The summed E-state index contributed by atoms with van der Waals surface area (Å²) in [4.78, 5) is 31.3. The highest BCUT2D eigenvalue weighted by molar-refractivity contribution is 6.44. The van der Waals surface area contributed by atoms with Gasteiger partial charge in [0.1, 0.15) is 33.2 Å². The van der Waals surface area contributed by atoms with Gasteiger partial charge in [0, 0.05) is 14.1 Å². The molecule has 0 saturated heterocycles. The molecule has 174 valence electrons. The van der Waals surface area contributed by atoms with E-state index in [2.05, 4.69) is 4.98 Å². The standard InChI is InChI=1S/C24H18Cl3N3O4/c1-29(2)24-14(25)11-15(21(33)12-7-3-5-9-16(12)31)30(24)20-18(26)23(27)28-19(20)22(34)13-8-4-6-10-17(13)32/h3-11,28,31-32H,1-2H3. The molecule has 4 rings (SSSR count). The monoisotopic (exact) mass is 517 g/mol. The number of aromatic amines is 1. The van der Waals surface area contributed by atoms with E-state index in [1.165, 1.54) is 34.9 Å². The van der Waals surface area contributed by atoms with Crippen molar-refractivity contribution in [2.24, 2.45) is 0 Å². The van der Waals surface area contributed by atoms with Gasteiger partial charge >= 0.3 is 0 Å². The lowest BCUT2D eigenvalue weighted by atomic mass is 10.1. The van der Waals surface area contributed by atoms with Crippen LogP contribution in [0.1, 0.15) is 32.1 Å². The highest BCUT2D eigenvalue weighted by Crippen LogP contribution is 2.41. The van der Waals surface area contributed by atoms with Crippen LogP contribution in [0.2, 0.25) is 15.2 Å². The number of hydrogen-bond acceptors (Lipinski definition) is 5. The number of carbonyl (C=O) groups is 2. The number of H-pyrrole nitrogens is 1. The molecule has 0 unspecified atom stereocenters. The number of nitrogens with zero attached hydrogens (tertiary/aromatic N) is 2. The van der Waals surface area contributed by atoms with Gasteiger partial charge in [0.25, 0.3) is 0 Å². The number of halogens is 3. The predicted molar refractivity (Wildman–Crippen MR) is 133 cm³/mol. The number of para-hydroxylation sites is 2. The third-order valence-electron chi connectivity index (χ3n) is 5.21. The second-order valence-electron chi connectivity index (χ2n) is 7.60. The number of phenols is 2. The van der Waals surface area contributed by atoms with Crippen LogP contribution in [-0.2, 0) is 0 Å². The minimum Gasteiger partial charge on any atom is -0.507 e. The van der Waals surface area contributed by atoms with Crippen molar-refractivity contribution in [3.63, 3.8) is 0 Å². The summed E-state index contributed by atoms with van der Waals surface area (Å²) in [7, 11) is 3.41. The van der Waals surface area contributed by atoms with Crippen molar-refractivity contribution in [2.75, 3.05) is 19.0 Å². The molecular weight excluding hydrogens is 501 g/mol. The van der Waals surface area contributed by atoms with E-state index < -0.39 is 11.6 Å². The smallest absolute Gasteiger partial charge is 0.215 e. The fourth-order valence-corrected chi connectivity index (χ4v) is 4.46. The van der Waals surface area contributed by atoms with Gasteiger partial charge in [-0.05, 0) is 30.3 Å². The highest BCUT2D eigenvalue weighted by Gasteiger charge is 2.31. The van der Waals surface area contributed by atoms with Crippen LogP contribution in [0.25, 0.3) is 5.69 Å². The second-order valence-corrected chi connectivity index (χ2v) is 8.76. The molecule has 0 fully saturated rings. The number of phenolic OH excluding ortho intramolecular Hbond substituents is 2. The van der Waals surface area contributed by atoms with Crippen molar-refractivity contribution < 1.29 is 19.8 Å². The number of aromatic nitrogens is 2. The maximum Gasteiger partial charge on any atom is 0.215 e. The van der Waals surface area contributed by atoms with Crippen LogP contribution in [0.5, 0.6) is 11.5 Å². The van der Waals surface area contributed by atoms with E-state index in [4.69, 9.17) is 34.8 Å². The van der Waals surface area contributed by atoms with Crippen LogP contribution < -0.4 is 4.90 Å². The summed E-state index contributed by atoms with van der Waals surface area (Å²) < 4.78 is 1.41. The zero-order chi connectivity index (χ0) is 24.7. The zero-order valence-electron chi connectivity index (χ0n) is 17.9. The van der Waals surface area contributed by atoms with Crippen molar-refractivity contribution in [1.29, 1.82) is 0 Å². The Morgan fingerprint density at radius 1 is 0.882 bits per heavy atom. The number of ketones is 2. The molecule has 7 nitrogen and oxygen atoms in total. The number of benzene rings is 2. The van der Waals surface area contributed by atoms with Crippen LogP contribution in [0.15, 0.2) is 54.6 Å². The average molecular weight is 519 g/mol. The fraction of sp³-hybridized carbons (Fsp3) is 0.0833. The van der Waals surface area contributed by atoms with Gasteiger partial charge in [0.05, 0.1) is 27.5 Å². The van der Waals surface area contributed by atoms with Crippen molar-refractivity contribution >= 4 is 52.2 Å². The molecule has 0 spiro atoms. The lowest BCUT2D eigenvalue weighted by molar-refractivity contribution is 0.101. The predicted octanol–water partition coefficient (Wildman–Crippen LogP) is 5.70. The van der Waals surface area contributed by atoms with E-state index in [0.717, 1.165) is 0 Å². The Kier molecular flexibility index (Phi) is 6.36. The van der Waals surface area contributed by atoms with E-state index in [-0.39, 0.29) is 54.9 Å². The first-order chi connectivity index (χ1) is 16.1. The molecule has 0 aliphatic carbocycles. The van der Waals surface area contributed by atoms with E-state index >= 15 is 0 Å². The van der Waals surface area contributed by atoms with Gasteiger partial charge in [-0.3, -0.25) is 14.2 Å². The van der Waals surface area contributed by atoms with Crippen LogP contribution in [-0.4, -0.2) is 45.4 Å². The SMILES string of the molecule is CN(C)c1c(Cl)cc(C(=O)c2ccccc2O)n1-c1c(C(=O)c2ccccc2O)[nH]c(Cl)c1Cl. The Morgan fingerprint density at radius 3 is 1.94 bits per heavy atom. The summed E-state index contributed by atoms with van der Waals surface area (Å²) >= 11 is 19.3. The van der Waals surface area contributed by atoms with Crippen LogP contribution in [0.3, 0.4) is 0 Å². The molecule has 0 aliphatic rings. The van der Waals surface area contributed by atoms with Gasteiger partial charge in [-0.1, -0.05) is 59.1 Å². The number of anilines is 1. The number of nitrogens with one attached hydrogen (secondary N) is 1. The minimum atomic E-state index is -0.600. The minimum absolute atomic E-state index is 0.0107. The summed E-state index contributed by atoms with van der Waals surface area (Å²) in [6, 6.07) is 13.5. The summed E-state index contributed by atoms with van der Waals surface area (Å²) in [6.07, 6.45) is 0. The molecule has 0 bridgehead atoms. The molecule has 10 heteroatoms. The molecule has 0 aliphatic heterocycles. The summed E-state index contributed by atoms with van der Waals surface area (Å²) in [5, 5.41) is 20.6. The van der Waals surface area contributed by atoms with Crippen molar-refractivity contribution in [3.05, 3.63) is 92.3 Å². The van der Waals surface area contributed by atoms with Crippen molar-refractivity contribution in [3.8, 4) is 17.2 Å². The first kappa shape index (κ1) is 23.8. The fourth-order valence-electron chi connectivity index (χ4n) is 3.69. The molecule has 0 atom stereocenters. The van der Waals surface area contributed by atoms with E-state index in [1.807, 2.05) is 0 Å². The maximum absolute atomic E-state index is 13.5. The molecule has 4 aromatic rings. The molecule has 3 N–H and O–H groups in total. The van der Waals surface area contributed by atoms with Crippen molar-refractivity contribution in [2.45, 2.75) is 0 Å². The van der Waals surface area contributed by atoms with Gasteiger partial charge < -0.3 is 20.1 Å². The Hall–Kier alpha value is -3.39. The summed E-state index contributed by atoms with van der Waals surface area (Å²) in [5.41, 5.74) is 0.109.